The van der Waals surface area contributed by atoms with Gasteiger partial charge >= 0.3 is 0 Å². The monoisotopic (exact) mass is 361 g/mol. The van der Waals surface area contributed by atoms with Crippen LogP contribution >= 0.6 is 0 Å². The van der Waals surface area contributed by atoms with Gasteiger partial charge in [-0.15, -0.1) is 10.2 Å². The van der Waals surface area contributed by atoms with Crippen molar-refractivity contribution in [2.24, 2.45) is 0 Å². The Kier molecular flexibility index (Phi) is 5.84. The Morgan fingerprint density at radius 1 is 1.26 bits per heavy atom. The van der Waals surface area contributed by atoms with Crippen LogP contribution in [0.4, 0.5) is 0 Å². The van der Waals surface area contributed by atoms with Crippen molar-refractivity contribution < 1.29 is 9.90 Å². The molecule has 4 rings (SSSR count). The highest BCUT2D eigenvalue weighted by molar-refractivity contribution is 6.67. The summed E-state index contributed by atoms with van der Waals surface area (Å²) in [7, 11) is 2.10. The number of aromatic amines is 1. The van der Waals surface area contributed by atoms with Crippen molar-refractivity contribution in [3.8, 4) is 23.0 Å². The molecule has 0 aliphatic carbocycles. The molecule has 0 radical (unpaired) electrons. The Morgan fingerprint density at radius 2 is 2.00 bits per heavy atom. The van der Waals surface area contributed by atoms with E-state index in [2.05, 4.69) is 33.1 Å². The molecule has 1 aliphatic rings. The minimum absolute atomic E-state index is 0.150. The zero-order valence-corrected chi connectivity index (χ0v) is 15.1. The standard InChI is InChI=1S/C13H9N3O2.C6H11BN2/c17-7-9-5-8-6-11(15-16-13(8)14-9)10-3-1-2-4-12(10)18;1-9-4-2-7(6-8)3-5-9/h1-7,18H,(H,14,16);2-5H2,1H3. The lowest BCUT2D eigenvalue weighted by molar-refractivity contribution is 0.111. The number of carbonyl (C=O) groups excluding carboxylic acids is 1. The maximum Gasteiger partial charge on any atom is 0.270 e. The fraction of sp³-hybridized carbons (Fsp3) is 0.263. The van der Waals surface area contributed by atoms with Crippen LogP contribution in [-0.2, 0) is 0 Å². The van der Waals surface area contributed by atoms with Gasteiger partial charge in [0.05, 0.1) is 11.4 Å². The first-order valence-corrected chi connectivity index (χ1v) is 8.79. The van der Waals surface area contributed by atoms with E-state index >= 15 is 0 Å². The highest BCUT2D eigenvalue weighted by atomic mass is 16.3. The lowest BCUT2D eigenvalue weighted by atomic mass is 9.45. The number of carbonyl (C=O) groups is 1. The van der Waals surface area contributed by atoms with Crippen LogP contribution in [0.2, 0.25) is 12.6 Å². The van der Waals surface area contributed by atoms with Gasteiger partial charge in [0, 0.05) is 16.9 Å². The zero-order valence-electron chi connectivity index (χ0n) is 15.1. The van der Waals surface area contributed by atoms with E-state index in [1.165, 1.54) is 0 Å². The Morgan fingerprint density at radius 3 is 2.67 bits per heavy atom. The number of aromatic nitrogens is 3. The molecule has 2 N–H and O–H groups in total. The lowest BCUT2D eigenvalue weighted by Gasteiger charge is -2.22. The largest absolute Gasteiger partial charge is 0.507 e. The van der Waals surface area contributed by atoms with E-state index in [9.17, 15) is 9.90 Å². The molecular weight excluding hydrogens is 341 g/mol. The van der Waals surface area contributed by atoms with Gasteiger partial charge in [-0.05, 0) is 57.0 Å². The van der Waals surface area contributed by atoms with E-state index in [1.807, 2.05) is 6.07 Å². The highest BCUT2D eigenvalue weighted by Gasteiger charge is 2.19. The van der Waals surface area contributed by atoms with Crippen LogP contribution in [0.25, 0.3) is 22.3 Å². The van der Waals surface area contributed by atoms with Crippen LogP contribution in [0.3, 0.4) is 0 Å². The van der Waals surface area contributed by atoms with Crippen molar-refractivity contribution in [2.45, 2.75) is 12.6 Å². The predicted molar refractivity (Wildman–Crippen MR) is 105 cm³/mol. The molecule has 3 aromatic rings. The van der Waals surface area contributed by atoms with Crippen molar-refractivity contribution in [2.75, 3.05) is 20.1 Å². The molecule has 0 atom stereocenters. The van der Waals surface area contributed by atoms with Crippen molar-refractivity contribution in [3.05, 3.63) is 42.1 Å². The van der Waals surface area contributed by atoms with Gasteiger partial charge in [-0.1, -0.05) is 12.1 Å². The number of para-hydroxylation sites is 1. The van der Waals surface area contributed by atoms with Crippen molar-refractivity contribution in [3.63, 3.8) is 0 Å². The number of rotatable bonds is 2. The number of hydrogen-bond donors (Lipinski definition) is 2. The number of aldehydes is 1. The van der Waals surface area contributed by atoms with Gasteiger partial charge in [-0.25, -0.2) is 5.26 Å². The normalized spacial score (nSPS) is 14.3. The summed E-state index contributed by atoms with van der Waals surface area (Å²) in [5.74, 6) is 2.45. The number of nitrogens with one attached hydrogen (secondary N) is 1. The summed E-state index contributed by atoms with van der Waals surface area (Å²) in [6.45, 7) is 2.53. The first kappa shape index (κ1) is 18.6. The summed E-state index contributed by atoms with van der Waals surface area (Å²) in [4.78, 5) is 15.8. The number of phenols is 1. The maximum atomic E-state index is 10.7. The third-order valence-electron chi connectivity index (χ3n) is 4.61. The SMILES string of the molecule is CN1CCB(C#N)CC1.O=Cc1cc2cc(-c3ccccc3O)nnc2[nH]1. The molecule has 0 amide bonds. The first-order chi connectivity index (χ1) is 13.1. The number of fused-ring (bicyclic) bond motifs is 1. The Hall–Kier alpha value is -3.18. The van der Waals surface area contributed by atoms with E-state index < -0.39 is 0 Å². The van der Waals surface area contributed by atoms with Crippen LogP contribution in [0, 0.1) is 11.2 Å². The lowest BCUT2D eigenvalue weighted by Crippen LogP contribution is -2.33. The third-order valence-corrected chi connectivity index (χ3v) is 4.61. The van der Waals surface area contributed by atoms with Gasteiger partial charge in [0.1, 0.15) is 5.75 Å². The fourth-order valence-corrected chi connectivity index (χ4v) is 2.98. The van der Waals surface area contributed by atoms with Crippen LogP contribution in [0.5, 0.6) is 5.75 Å². The smallest absolute Gasteiger partial charge is 0.270 e. The third kappa shape index (κ3) is 4.51. The van der Waals surface area contributed by atoms with E-state index in [4.69, 9.17) is 5.26 Å². The molecule has 136 valence electrons. The average Bonchev–Trinajstić information content (AvgIpc) is 3.12. The number of H-pyrrole nitrogens is 1. The number of nitrogens with zero attached hydrogens (tertiary/aromatic N) is 4. The van der Waals surface area contributed by atoms with E-state index in [0.29, 0.717) is 29.3 Å². The second-order valence-corrected chi connectivity index (χ2v) is 6.60. The molecule has 1 aromatic carbocycles. The van der Waals surface area contributed by atoms with Crippen LogP contribution in [-0.4, -0.2) is 58.3 Å². The summed E-state index contributed by atoms with van der Waals surface area (Å²) in [5.41, 5.74) is 2.18. The highest BCUT2D eigenvalue weighted by Crippen LogP contribution is 2.28. The summed E-state index contributed by atoms with van der Waals surface area (Å²) < 4.78 is 0. The molecule has 1 aliphatic heterocycles. The first-order valence-electron chi connectivity index (χ1n) is 8.79. The van der Waals surface area contributed by atoms with Crippen molar-refractivity contribution >= 4 is 24.0 Å². The molecular formula is C19H20BN5O2. The number of benzene rings is 1. The minimum Gasteiger partial charge on any atom is -0.507 e. The summed E-state index contributed by atoms with van der Waals surface area (Å²) in [6.07, 6.45) is 2.85. The Balaban J connectivity index is 0.000000197. The van der Waals surface area contributed by atoms with E-state index in [0.717, 1.165) is 37.4 Å². The molecule has 27 heavy (non-hydrogen) atoms. The molecule has 7 nitrogen and oxygen atoms in total. The zero-order chi connectivity index (χ0) is 19.2. The molecule has 0 bridgehead atoms. The second-order valence-electron chi connectivity index (χ2n) is 6.60. The molecule has 3 heterocycles. The predicted octanol–water partition coefficient (Wildman–Crippen LogP) is 2.63. The molecule has 0 spiro atoms. The second kappa shape index (κ2) is 8.47. The van der Waals surface area contributed by atoms with Crippen LogP contribution in [0.1, 0.15) is 10.5 Å². The Labute approximate surface area is 157 Å². The minimum atomic E-state index is 0.150. The van der Waals surface area contributed by atoms with Gasteiger partial charge < -0.3 is 15.0 Å². The van der Waals surface area contributed by atoms with Crippen LogP contribution < -0.4 is 0 Å². The fourth-order valence-electron chi connectivity index (χ4n) is 2.98. The van der Waals surface area contributed by atoms with Gasteiger partial charge in [0.15, 0.2) is 11.9 Å². The van der Waals surface area contributed by atoms with Gasteiger partial charge in [0.2, 0.25) is 0 Å². The van der Waals surface area contributed by atoms with Crippen molar-refractivity contribution in [1.82, 2.24) is 20.1 Å². The van der Waals surface area contributed by atoms with E-state index in [1.54, 1.807) is 30.3 Å². The molecule has 2 aromatic heterocycles. The number of hydrogen-bond acceptors (Lipinski definition) is 6. The summed E-state index contributed by atoms with van der Waals surface area (Å²) in [5, 5.41) is 27.1. The number of aromatic hydroxyl groups is 1. The van der Waals surface area contributed by atoms with E-state index in [-0.39, 0.29) is 5.75 Å². The Bertz CT molecular complexity index is 974. The molecule has 8 heteroatoms. The topological polar surface area (TPSA) is 106 Å². The molecule has 0 unspecified atom stereocenters. The van der Waals surface area contributed by atoms with Gasteiger partial charge in [-0.3, -0.25) is 4.79 Å². The van der Waals surface area contributed by atoms with Crippen molar-refractivity contribution in [1.29, 1.82) is 5.26 Å². The van der Waals surface area contributed by atoms with Gasteiger partial charge in [-0.2, -0.15) is 0 Å². The average molecular weight is 361 g/mol. The maximum absolute atomic E-state index is 10.7. The molecule has 1 fully saturated rings. The number of phenolic OH excluding ortho intramolecular Hbond substituents is 1. The molecule has 0 saturated carbocycles. The summed E-state index contributed by atoms with van der Waals surface area (Å²) in [6, 6.07) is 10.4. The summed E-state index contributed by atoms with van der Waals surface area (Å²) >= 11 is 0. The van der Waals surface area contributed by atoms with Gasteiger partial charge in [0.25, 0.3) is 6.71 Å². The molecule has 1 saturated heterocycles. The quantitative estimate of drug-likeness (QED) is 0.537. The number of nitriles is 1. The van der Waals surface area contributed by atoms with Crippen LogP contribution in [0.15, 0.2) is 36.4 Å².